The summed E-state index contributed by atoms with van der Waals surface area (Å²) in [5.41, 5.74) is 4.15. The molecule has 3 aromatic rings. The fourth-order valence-electron chi connectivity index (χ4n) is 4.63. The fraction of sp³-hybridized carbons (Fsp3) is 0.419. The van der Waals surface area contributed by atoms with Crippen LogP contribution in [0, 0.1) is 0 Å². The number of carbonyl (C=O) groups is 1. The number of amides is 1. The lowest BCUT2D eigenvalue weighted by Gasteiger charge is -2.15. The maximum atomic E-state index is 12.6. The number of benzene rings is 2. The van der Waals surface area contributed by atoms with Gasteiger partial charge >= 0.3 is 0 Å². The molecule has 4 rings (SSSR count). The first-order valence-electron chi connectivity index (χ1n) is 14.0. The van der Waals surface area contributed by atoms with Gasteiger partial charge in [0, 0.05) is 17.7 Å². The van der Waals surface area contributed by atoms with Crippen molar-refractivity contribution in [2.75, 3.05) is 39.7 Å². The van der Waals surface area contributed by atoms with Crippen molar-refractivity contribution in [3.05, 3.63) is 48.0 Å². The summed E-state index contributed by atoms with van der Waals surface area (Å²) in [6.45, 7) is 5.45. The quantitative estimate of drug-likeness (QED) is 0.179. The number of hydrogen-bond donors (Lipinski definition) is 1. The summed E-state index contributed by atoms with van der Waals surface area (Å²) >= 11 is 1.25. The van der Waals surface area contributed by atoms with Gasteiger partial charge in [-0.1, -0.05) is 23.4 Å². The molecule has 1 aliphatic rings. The van der Waals surface area contributed by atoms with Crippen molar-refractivity contribution in [1.82, 2.24) is 20.5 Å². The van der Waals surface area contributed by atoms with Gasteiger partial charge in [0.2, 0.25) is 11.1 Å². The van der Waals surface area contributed by atoms with Crippen molar-refractivity contribution in [1.29, 1.82) is 0 Å². The number of hydrogen-bond acceptors (Lipinski definition) is 9. The van der Waals surface area contributed by atoms with E-state index >= 15 is 0 Å². The van der Waals surface area contributed by atoms with Gasteiger partial charge in [-0.15, -0.1) is 10.2 Å². The monoisotopic (exact) mass is 578 g/mol. The van der Waals surface area contributed by atoms with Crippen molar-refractivity contribution in [3.8, 4) is 45.5 Å². The van der Waals surface area contributed by atoms with Gasteiger partial charge < -0.3 is 24.3 Å². The van der Waals surface area contributed by atoms with Crippen LogP contribution in [0.5, 0.6) is 23.0 Å². The van der Waals surface area contributed by atoms with E-state index in [0.717, 1.165) is 30.4 Å². The molecule has 2 aromatic carbocycles. The third-order valence-electron chi connectivity index (χ3n) is 6.63. The molecule has 9 nitrogen and oxygen atoms in total. The van der Waals surface area contributed by atoms with Crippen molar-refractivity contribution in [2.24, 2.45) is 0 Å². The average Bonchev–Trinajstić information content (AvgIpc) is 3.01. The maximum absolute atomic E-state index is 12.6. The lowest BCUT2D eigenvalue weighted by molar-refractivity contribution is -0.118. The Morgan fingerprint density at radius 2 is 1.54 bits per heavy atom. The van der Waals surface area contributed by atoms with Gasteiger partial charge in [-0.05, 0) is 82.3 Å². The lowest BCUT2D eigenvalue weighted by Crippen LogP contribution is -2.26. The Morgan fingerprint density at radius 3 is 2.12 bits per heavy atom. The van der Waals surface area contributed by atoms with Crippen LogP contribution < -0.4 is 24.3 Å². The van der Waals surface area contributed by atoms with Gasteiger partial charge in [0.05, 0.1) is 33.2 Å². The highest BCUT2D eigenvalue weighted by Crippen LogP contribution is 2.38. The van der Waals surface area contributed by atoms with E-state index in [9.17, 15) is 4.79 Å². The number of rotatable bonds is 14. The Morgan fingerprint density at radius 1 is 0.878 bits per heavy atom. The summed E-state index contributed by atoms with van der Waals surface area (Å²) < 4.78 is 22.5. The smallest absolute Gasteiger partial charge is 0.230 e. The van der Waals surface area contributed by atoms with Crippen LogP contribution in [-0.2, 0) is 4.79 Å². The van der Waals surface area contributed by atoms with Crippen LogP contribution in [0.2, 0.25) is 0 Å². The zero-order valence-electron chi connectivity index (χ0n) is 24.2. The summed E-state index contributed by atoms with van der Waals surface area (Å²) in [5, 5.41) is 12.3. The Labute approximate surface area is 246 Å². The van der Waals surface area contributed by atoms with Crippen molar-refractivity contribution < 1.29 is 23.7 Å². The minimum atomic E-state index is -0.0553. The number of thioether (sulfide) groups is 1. The second-order valence-corrected chi connectivity index (χ2v) is 10.3. The first-order valence-corrected chi connectivity index (χ1v) is 15.0. The van der Waals surface area contributed by atoms with E-state index in [1.807, 2.05) is 50.2 Å². The molecule has 1 amide bonds. The Balaban J connectivity index is 1.60. The fourth-order valence-corrected chi connectivity index (χ4v) is 5.24. The summed E-state index contributed by atoms with van der Waals surface area (Å²) in [6.07, 6.45) is 7.99. The number of allylic oxidation sites excluding steroid dienone is 1. The standard InChI is InChI=1S/C31H38N4O5S/c1-5-39-26-18-22(12-14-24(26)37-3)29-30(23-13-15-25(38-4)27(19-23)40-6-2)34-35-31(33-29)41-20-28(36)32-17-16-21-10-8-7-9-11-21/h10,12-15,18-19H,5-9,11,16-17,20H2,1-4H3,(H,32,36). The van der Waals surface area contributed by atoms with Gasteiger partial charge in [0.25, 0.3) is 0 Å². The van der Waals surface area contributed by atoms with Crippen LogP contribution in [0.1, 0.15) is 46.0 Å². The van der Waals surface area contributed by atoms with Crippen LogP contribution >= 0.6 is 11.8 Å². The molecule has 0 unspecified atom stereocenters. The van der Waals surface area contributed by atoms with E-state index in [0.29, 0.717) is 59.3 Å². The highest BCUT2D eigenvalue weighted by molar-refractivity contribution is 7.99. The largest absolute Gasteiger partial charge is 0.493 e. The highest BCUT2D eigenvalue weighted by atomic mass is 32.2. The molecule has 1 aliphatic carbocycles. The number of nitrogens with one attached hydrogen (secondary N) is 1. The van der Waals surface area contributed by atoms with Crippen molar-refractivity contribution >= 4 is 17.7 Å². The van der Waals surface area contributed by atoms with Crippen LogP contribution in [0.3, 0.4) is 0 Å². The molecule has 10 heteroatoms. The van der Waals surface area contributed by atoms with E-state index in [1.54, 1.807) is 14.2 Å². The second kappa shape index (κ2) is 15.3. The molecule has 0 bridgehead atoms. The minimum absolute atomic E-state index is 0.0553. The Kier molecular flexibility index (Phi) is 11.2. The van der Waals surface area contributed by atoms with Crippen molar-refractivity contribution in [3.63, 3.8) is 0 Å². The number of aromatic nitrogens is 3. The molecule has 0 saturated heterocycles. The number of carbonyl (C=O) groups excluding carboxylic acids is 1. The number of nitrogens with zero attached hydrogens (tertiary/aromatic N) is 3. The molecule has 0 fully saturated rings. The molecular formula is C31H38N4O5S. The molecule has 0 spiro atoms. The second-order valence-electron chi connectivity index (χ2n) is 9.39. The highest BCUT2D eigenvalue weighted by Gasteiger charge is 2.19. The summed E-state index contributed by atoms with van der Waals surface area (Å²) in [7, 11) is 3.21. The Hall–Kier alpha value is -3.79. The summed E-state index contributed by atoms with van der Waals surface area (Å²) in [5.74, 6) is 2.59. The molecule has 0 radical (unpaired) electrons. The van der Waals surface area contributed by atoms with Gasteiger partial charge in [0.1, 0.15) is 11.4 Å². The molecule has 218 valence electrons. The zero-order valence-corrected chi connectivity index (χ0v) is 25.0. The van der Waals surface area contributed by atoms with Crippen LogP contribution in [0.25, 0.3) is 22.5 Å². The lowest BCUT2D eigenvalue weighted by atomic mass is 9.97. The molecule has 0 saturated carbocycles. The van der Waals surface area contributed by atoms with Crippen molar-refractivity contribution in [2.45, 2.75) is 51.1 Å². The van der Waals surface area contributed by atoms with Crippen LogP contribution in [0.4, 0.5) is 0 Å². The van der Waals surface area contributed by atoms with E-state index in [-0.39, 0.29) is 11.7 Å². The topological polar surface area (TPSA) is 105 Å². The zero-order chi connectivity index (χ0) is 29.0. The molecule has 41 heavy (non-hydrogen) atoms. The van der Waals surface area contributed by atoms with Crippen LogP contribution in [-0.4, -0.2) is 60.8 Å². The predicted molar refractivity (Wildman–Crippen MR) is 161 cm³/mol. The van der Waals surface area contributed by atoms with E-state index in [2.05, 4.69) is 21.6 Å². The predicted octanol–water partition coefficient (Wildman–Crippen LogP) is 6.12. The molecule has 0 atom stereocenters. The van der Waals surface area contributed by atoms with E-state index in [1.165, 1.54) is 30.2 Å². The summed E-state index contributed by atoms with van der Waals surface area (Å²) in [4.78, 5) is 17.4. The molecule has 1 aromatic heterocycles. The van der Waals surface area contributed by atoms with E-state index < -0.39 is 0 Å². The molecule has 1 heterocycles. The number of ether oxygens (including phenoxy) is 4. The first-order chi connectivity index (χ1) is 20.1. The van der Waals surface area contributed by atoms with Gasteiger partial charge in [-0.25, -0.2) is 4.98 Å². The third kappa shape index (κ3) is 8.13. The van der Waals surface area contributed by atoms with Gasteiger partial charge in [-0.2, -0.15) is 0 Å². The SMILES string of the molecule is CCOc1cc(-c2nnc(SCC(=O)NCCC3=CCCCC3)nc2-c2ccc(OC)c(OCC)c2)ccc1OC. The third-order valence-corrected chi connectivity index (χ3v) is 7.46. The van der Waals surface area contributed by atoms with Gasteiger partial charge in [0.15, 0.2) is 23.0 Å². The van der Waals surface area contributed by atoms with Crippen LogP contribution in [0.15, 0.2) is 53.2 Å². The van der Waals surface area contributed by atoms with Gasteiger partial charge in [-0.3, -0.25) is 4.79 Å². The Bertz CT molecular complexity index is 1360. The number of methoxy groups -OCH3 is 2. The normalized spacial score (nSPS) is 12.8. The minimum Gasteiger partial charge on any atom is -0.493 e. The molecule has 1 N–H and O–H groups in total. The molecule has 0 aliphatic heterocycles. The average molecular weight is 579 g/mol. The summed E-state index contributed by atoms with van der Waals surface area (Å²) in [6, 6.07) is 11.2. The first kappa shape index (κ1) is 30.2. The van der Waals surface area contributed by atoms with E-state index in [4.69, 9.17) is 23.9 Å². The maximum Gasteiger partial charge on any atom is 0.230 e. The molecular weight excluding hydrogens is 540 g/mol.